The van der Waals surface area contributed by atoms with Crippen LogP contribution in [0.25, 0.3) is 0 Å². The van der Waals surface area contributed by atoms with E-state index in [4.69, 9.17) is 0 Å². The first-order chi connectivity index (χ1) is 5.73. The predicted molar refractivity (Wildman–Crippen MR) is 86.1 cm³/mol. The van der Waals surface area contributed by atoms with Crippen LogP contribution in [0.2, 0.25) is 0 Å². The van der Waals surface area contributed by atoms with E-state index in [0.717, 1.165) is 0 Å². The van der Waals surface area contributed by atoms with Crippen molar-refractivity contribution >= 4 is 71.5 Å². The topological polar surface area (TPSA) is 34.1 Å². The standard InChI is InChI=1S/C4H8O.C3H6O.CH4.3HI.V/c1-3-4(2)5;1-3(2)4;;;;;/h3H2,1-2H3;1-2H3;1H4;3*1H;/q;;;;;;+3/p-3. The van der Waals surface area contributed by atoms with Gasteiger partial charge in [-0.2, -0.15) is 0 Å². The maximum atomic E-state index is 9.81. The third kappa shape index (κ3) is 143. The summed E-state index contributed by atoms with van der Waals surface area (Å²) in [6.45, 7) is 6.49. The minimum absolute atomic E-state index is 0. The molecule has 0 amide bonds. The van der Waals surface area contributed by atoms with Crippen LogP contribution in [0, 0.1) is 0 Å². The predicted octanol–water partition coefficient (Wildman–Crippen LogP) is 4.87. The van der Waals surface area contributed by atoms with Gasteiger partial charge >= 0.3 is 64.9 Å². The number of hydrogen-bond donors (Lipinski definition) is 0. The first-order valence-electron chi connectivity index (χ1n) is 3.48. The van der Waals surface area contributed by atoms with Gasteiger partial charge in [-0.25, -0.2) is 0 Å². The molecule has 0 unspecified atom stereocenters. The van der Waals surface area contributed by atoms with E-state index < -0.39 is 0 Å². The molecule has 0 aromatic carbocycles. The molecule has 6 heteroatoms. The Balaban J connectivity index is -0.0000000522. The molecule has 0 aliphatic carbocycles. The molecule has 88 valence electrons. The summed E-state index contributed by atoms with van der Waals surface area (Å²) in [5.74, 6) is 0.421. The van der Waals surface area contributed by atoms with Gasteiger partial charge in [-0.1, -0.05) is 14.4 Å². The average molecular weight is 578 g/mol. The Kier molecular flexibility index (Phi) is 36.8. The maximum absolute atomic E-state index is 9.81. The fraction of sp³-hybridized carbons (Fsp3) is 0.750. The van der Waals surface area contributed by atoms with E-state index in [1.165, 1.54) is 13.8 Å². The molecular formula is C8H18I3O2V. The van der Waals surface area contributed by atoms with Crippen LogP contribution in [-0.2, 0) is 14.5 Å². The number of rotatable bonds is 1. The summed E-state index contributed by atoms with van der Waals surface area (Å²) in [6.07, 6.45) is 0.667. The Bertz CT molecular complexity index is 134. The molecule has 0 radical (unpaired) electrons. The van der Waals surface area contributed by atoms with Gasteiger partial charge in [0.15, 0.2) is 0 Å². The first kappa shape index (κ1) is 25.1. The Morgan fingerprint density at radius 1 is 1.07 bits per heavy atom. The van der Waals surface area contributed by atoms with Crippen LogP contribution < -0.4 is 0 Å². The van der Waals surface area contributed by atoms with Gasteiger partial charge in [0.1, 0.15) is 11.6 Å². The van der Waals surface area contributed by atoms with Crippen molar-refractivity contribution in [2.75, 3.05) is 0 Å². The SMILES string of the molecule is C.CC(C)=O.CCC(C)=O.[I][V]([I])[I]. The molecular weight excluding hydrogens is 560 g/mol. The fourth-order valence-electron chi connectivity index (χ4n) is 0. The zero-order valence-corrected chi connectivity index (χ0v) is 16.0. The summed E-state index contributed by atoms with van der Waals surface area (Å²) in [5.41, 5.74) is 0. The molecule has 0 aliphatic heterocycles. The second-order valence-electron chi connectivity index (χ2n) is 2.16. The summed E-state index contributed by atoms with van der Waals surface area (Å²) in [7, 11) is 0. The Morgan fingerprint density at radius 2 is 1.14 bits per heavy atom. The van der Waals surface area contributed by atoms with Gasteiger partial charge in [0.2, 0.25) is 0 Å². The van der Waals surface area contributed by atoms with Gasteiger partial charge < -0.3 is 9.59 Å². The Hall–Kier alpha value is 2.11. The number of carbonyl (C=O) groups is 2. The molecule has 14 heavy (non-hydrogen) atoms. The van der Waals surface area contributed by atoms with Crippen molar-refractivity contribution in [3.8, 4) is 0 Å². The zero-order valence-electron chi connectivity index (χ0n) is 8.10. The van der Waals surface area contributed by atoms with Crippen LogP contribution >= 0.6 is 59.9 Å². The summed E-state index contributed by atoms with van der Waals surface area (Å²) in [5, 5.41) is 0. The van der Waals surface area contributed by atoms with E-state index in [2.05, 4.69) is 59.9 Å². The van der Waals surface area contributed by atoms with Crippen LogP contribution in [-0.4, -0.2) is 11.6 Å². The van der Waals surface area contributed by atoms with Gasteiger partial charge in [-0.05, 0) is 20.8 Å². The second-order valence-corrected chi connectivity index (χ2v) is 37.5. The van der Waals surface area contributed by atoms with Crippen LogP contribution in [0.4, 0.5) is 0 Å². The molecule has 0 atom stereocenters. The Morgan fingerprint density at radius 3 is 1.14 bits per heavy atom. The van der Waals surface area contributed by atoms with Crippen molar-refractivity contribution in [1.29, 1.82) is 0 Å². The normalized spacial score (nSPS) is 7.14. The van der Waals surface area contributed by atoms with E-state index in [9.17, 15) is 9.59 Å². The van der Waals surface area contributed by atoms with Crippen molar-refractivity contribution in [3.05, 3.63) is 0 Å². The van der Waals surface area contributed by atoms with Crippen LogP contribution in [0.5, 0.6) is 0 Å². The third-order valence-corrected chi connectivity index (χ3v) is 0.498. The van der Waals surface area contributed by atoms with E-state index in [-0.39, 0.29) is 23.9 Å². The van der Waals surface area contributed by atoms with Gasteiger partial charge in [0, 0.05) is 6.42 Å². The van der Waals surface area contributed by atoms with Crippen LogP contribution in [0.1, 0.15) is 41.5 Å². The Labute approximate surface area is 125 Å². The van der Waals surface area contributed by atoms with Crippen molar-refractivity contribution in [2.24, 2.45) is 0 Å². The van der Waals surface area contributed by atoms with Crippen LogP contribution in [0.15, 0.2) is 0 Å². The van der Waals surface area contributed by atoms with Crippen LogP contribution in [0.3, 0.4) is 0 Å². The van der Waals surface area contributed by atoms with Crippen molar-refractivity contribution in [3.63, 3.8) is 0 Å². The van der Waals surface area contributed by atoms with Crippen molar-refractivity contribution in [2.45, 2.75) is 41.5 Å². The summed E-state index contributed by atoms with van der Waals surface area (Å²) < 4.78 is 0. The molecule has 0 bridgehead atoms. The molecule has 0 aromatic heterocycles. The van der Waals surface area contributed by atoms with Gasteiger partial charge in [0.25, 0.3) is 0 Å². The minimum atomic E-state index is -0.278. The van der Waals surface area contributed by atoms with E-state index >= 15 is 0 Å². The molecule has 0 aromatic rings. The van der Waals surface area contributed by atoms with Crippen molar-refractivity contribution < 1.29 is 14.5 Å². The van der Waals surface area contributed by atoms with E-state index in [0.29, 0.717) is 6.42 Å². The molecule has 0 fully saturated rings. The molecule has 0 heterocycles. The number of ketones is 2. The summed E-state index contributed by atoms with van der Waals surface area (Å²) >= 11 is 7.39. The number of hydrogen-bond acceptors (Lipinski definition) is 2. The summed E-state index contributed by atoms with van der Waals surface area (Å²) in [4.78, 5) is 19.0. The van der Waals surface area contributed by atoms with E-state index in [1.54, 1.807) is 6.92 Å². The fourth-order valence-corrected chi connectivity index (χ4v) is 0. The molecule has 0 N–H and O–H groups in total. The third-order valence-electron chi connectivity index (χ3n) is 0.498. The molecule has 2 nitrogen and oxygen atoms in total. The number of Topliss-reactive ketones (excluding diaryl/α,β-unsaturated/α-hetero) is 2. The van der Waals surface area contributed by atoms with Crippen molar-refractivity contribution in [1.82, 2.24) is 0 Å². The number of halogens is 3. The molecule has 0 spiro atoms. The average Bonchev–Trinajstić information content (AvgIpc) is 1.84. The molecule has 0 rings (SSSR count). The number of carbonyl (C=O) groups excluding carboxylic acids is 2. The second kappa shape index (κ2) is 20.5. The monoisotopic (exact) mass is 578 g/mol. The summed E-state index contributed by atoms with van der Waals surface area (Å²) in [6, 6.07) is 0. The van der Waals surface area contributed by atoms with E-state index in [1.807, 2.05) is 6.92 Å². The first-order valence-corrected chi connectivity index (χ1v) is 17.0. The van der Waals surface area contributed by atoms with Gasteiger partial charge in [-0.15, -0.1) is 0 Å². The van der Waals surface area contributed by atoms with Gasteiger partial charge in [-0.3, -0.25) is 0 Å². The molecule has 0 saturated heterocycles. The zero-order chi connectivity index (χ0) is 11.4. The molecule has 0 saturated carbocycles. The van der Waals surface area contributed by atoms with Gasteiger partial charge in [0.05, 0.1) is 0 Å². The quantitative estimate of drug-likeness (QED) is 0.417. The molecule has 0 aliphatic rings.